The minimum absolute atomic E-state index is 0.0603. The normalized spacial score (nSPS) is 17.3. The zero-order chi connectivity index (χ0) is 40.0. The van der Waals surface area contributed by atoms with Gasteiger partial charge in [-0.2, -0.15) is 0 Å². The smallest absolute Gasteiger partial charge is 0.308 e. The molecule has 326 valence electrons. The van der Waals surface area contributed by atoms with E-state index in [2.05, 4.69) is 32.6 Å². The Hall–Kier alpha value is -1.14. The molecule has 1 rings (SSSR count). The highest BCUT2D eigenvalue weighted by atomic mass is 16.5. The lowest BCUT2D eigenvalue weighted by Crippen LogP contribution is -2.45. The number of piperidine rings is 1. The van der Waals surface area contributed by atoms with Crippen LogP contribution < -0.4 is 0 Å². The zero-order valence-electron chi connectivity index (χ0n) is 37.7. The average Bonchev–Trinajstić information content (AvgIpc) is 3.19. The number of likely N-dealkylation sites (tertiary alicyclic amines) is 1. The lowest BCUT2D eigenvalue weighted by Gasteiger charge is -2.42. The van der Waals surface area contributed by atoms with Crippen molar-refractivity contribution in [2.24, 2.45) is 17.8 Å². The van der Waals surface area contributed by atoms with Crippen LogP contribution in [0.25, 0.3) is 0 Å². The molecule has 0 bridgehead atoms. The molecule has 0 radical (unpaired) electrons. The molecule has 1 aliphatic rings. The first kappa shape index (κ1) is 51.9. The van der Waals surface area contributed by atoms with E-state index in [-0.39, 0.29) is 23.8 Å². The van der Waals surface area contributed by atoms with E-state index in [0.717, 1.165) is 103 Å². The quantitative estimate of drug-likeness (QED) is 0.0456. The van der Waals surface area contributed by atoms with Crippen LogP contribution in [0.5, 0.6) is 0 Å². The molecule has 4 atom stereocenters. The van der Waals surface area contributed by atoms with Gasteiger partial charge in [-0.05, 0) is 102 Å². The van der Waals surface area contributed by atoms with E-state index < -0.39 is 0 Å². The van der Waals surface area contributed by atoms with Crippen molar-refractivity contribution in [1.82, 2.24) is 4.90 Å². The largest absolute Gasteiger partial charge is 0.465 e. The Labute approximate surface area is 343 Å². The van der Waals surface area contributed by atoms with E-state index in [9.17, 15) is 9.59 Å². The summed E-state index contributed by atoms with van der Waals surface area (Å²) in [6.07, 6.45) is 38.9. The summed E-state index contributed by atoms with van der Waals surface area (Å²) in [5.41, 5.74) is 0. The maximum Gasteiger partial charge on any atom is 0.308 e. The van der Waals surface area contributed by atoms with Gasteiger partial charge >= 0.3 is 11.9 Å². The molecule has 0 spiro atoms. The number of nitrogens with zero attached hydrogens (tertiary/aromatic N) is 1. The van der Waals surface area contributed by atoms with Crippen molar-refractivity contribution in [3.63, 3.8) is 0 Å². The second-order valence-corrected chi connectivity index (χ2v) is 17.4. The van der Waals surface area contributed by atoms with Gasteiger partial charge in [-0.3, -0.25) is 9.59 Å². The lowest BCUT2D eigenvalue weighted by molar-refractivity contribution is -0.150. The topological polar surface area (TPSA) is 65.1 Å². The van der Waals surface area contributed by atoms with E-state index in [0.29, 0.717) is 25.2 Å². The molecule has 0 N–H and O–H groups in total. The van der Waals surface area contributed by atoms with Crippen molar-refractivity contribution >= 4 is 11.9 Å². The van der Waals surface area contributed by atoms with E-state index in [1.54, 1.807) is 7.11 Å². The van der Waals surface area contributed by atoms with Gasteiger partial charge in [-0.1, -0.05) is 156 Å². The summed E-state index contributed by atoms with van der Waals surface area (Å²) >= 11 is 0. The number of carbonyl (C=O) groups is 2. The van der Waals surface area contributed by atoms with Gasteiger partial charge in [0.15, 0.2) is 0 Å². The van der Waals surface area contributed by atoms with Crippen molar-refractivity contribution in [2.45, 2.75) is 246 Å². The van der Waals surface area contributed by atoms with E-state index in [1.807, 2.05) is 0 Å². The van der Waals surface area contributed by atoms with E-state index >= 15 is 0 Å². The summed E-state index contributed by atoms with van der Waals surface area (Å²) in [7, 11) is 1.80. The molecule has 6 heteroatoms. The Kier molecular flexibility index (Phi) is 36.2. The highest BCUT2D eigenvalue weighted by Crippen LogP contribution is 2.32. The Bertz CT molecular complexity index is 851. The van der Waals surface area contributed by atoms with Crippen molar-refractivity contribution in [2.75, 3.05) is 40.0 Å². The molecule has 0 aromatic rings. The minimum Gasteiger partial charge on any atom is -0.465 e. The summed E-state index contributed by atoms with van der Waals surface area (Å²) in [6.45, 7) is 13.3. The van der Waals surface area contributed by atoms with Gasteiger partial charge in [0, 0.05) is 19.8 Å². The van der Waals surface area contributed by atoms with Gasteiger partial charge in [0.05, 0.1) is 25.0 Å². The Morgan fingerprint density at radius 1 is 0.509 bits per heavy atom. The van der Waals surface area contributed by atoms with Crippen LogP contribution in [0.1, 0.15) is 240 Å². The van der Waals surface area contributed by atoms with Crippen LogP contribution in [0, 0.1) is 17.8 Å². The third kappa shape index (κ3) is 28.0. The molecular weight excluding hydrogens is 683 g/mol. The minimum atomic E-state index is 0.0603. The van der Waals surface area contributed by atoms with Gasteiger partial charge in [0.2, 0.25) is 0 Å². The first-order chi connectivity index (χ1) is 27.0. The summed E-state index contributed by atoms with van der Waals surface area (Å²) in [5.74, 6) is 0.915. The Balaban J connectivity index is 2.66. The van der Waals surface area contributed by atoms with Crippen LogP contribution in [0.4, 0.5) is 0 Å². The first-order valence-corrected chi connectivity index (χ1v) is 24.6. The predicted molar refractivity (Wildman–Crippen MR) is 235 cm³/mol. The molecule has 0 aromatic carbocycles. The standard InChI is InChI=1S/C49H95NO5/c1-6-10-14-18-20-24-34-45(32-22-16-12-8-3)48(51)54-42-28-26-38-47-44(36-30-40-50(47)39-27-29-41-53-5)37-31-43-55-49(52)46(33-23-17-13-9-4)35-25-21-19-15-11-7-2/h44-47H,6-43H2,1-5H3. The fourth-order valence-corrected chi connectivity index (χ4v) is 8.93. The molecule has 1 heterocycles. The lowest BCUT2D eigenvalue weighted by atomic mass is 9.83. The molecule has 1 aliphatic heterocycles. The third-order valence-corrected chi connectivity index (χ3v) is 12.5. The fraction of sp³-hybridized carbons (Fsp3) is 0.959. The molecule has 6 nitrogen and oxygen atoms in total. The van der Waals surface area contributed by atoms with Gasteiger partial charge in [0.25, 0.3) is 0 Å². The number of rotatable bonds is 40. The Morgan fingerprint density at radius 2 is 0.945 bits per heavy atom. The van der Waals surface area contributed by atoms with Crippen molar-refractivity contribution < 1.29 is 23.8 Å². The monoisotopic (exact) mass is 778 g/mol. The first-order valence-electron chi connectivity index (χ1n) is 24.6. The molecule has 4 unspecified atom stereocenters. The van der Waals surface area contributed by atoms with Crippen LogP contribution in [-0.2, 0) is 23.8 Å². The number of ether oxygens (including phenoxy) is 3. The van der Waals surface area contributed by atoms with Gasteiger partial charge in [-0.15, -0.1) is 0 Å². The van der Waals surface area contributed by atoms with Gasteiger partial charge in [0.1, 0.15) is 0 Å². The molecule has 0 aliphatic carbocycles. The van der Waals surface area contributed by atoms with Crippen LogP contribution in [0.15, 0.2) is 0 Å². The van der Waals surface area contributed by atoms with Crippen LogP contribution in [-0.4, -0.2) is 62.9 Å². The number of unbranched alkanes of at least 4 members (excludes halogenated alkanes) is 18. The van der Waals surface area contributed by atoms with Crippen molar-refractivity contribution in [3.8, 4) is 0 Å². The summed E-state index contributed by atoms with van der Waals surface area (Å²) < 4.78 is 17.4. The maximum atomic E-state index is 13.3. The van der Waals surface area contributed by atoms with Crippen LogP contribution in [0.2, 0.25) is 0 Å². The van der Waals surface area contributed by atoms with Crippen molar-refractivity contribution in [1.29, 1.82) is 0 Å². The van der Waals surface area contributed by atoms with Gasteiger partial charge in [-0.25, -0.2) is 0 Å². The SMILES string of the molecule is CCCCCCCCC(CCCCCC)C(=O)OCCCCC1C(CCCOC(=O)C(CCCCCC)CCCCCCCC)CCCN1CCCCOC. The zero-order valence-corrected chi connectivity index (χ0v) is 37.7. The molecule has 0 amide bonds. The number of methoxy groups -OCH3 is 1. The number of esters is 2. The van der Waals surface area contributed by atoms with Crippen LogP contribution in [0.3, 0.4) is 0 Å². The van der Waals surface area contributed by atoms with E-state index in [1.165, 1.54) is 129 Å². The fourth-order valence-electron chi connectivity index (χ4n) is 8.93. The molecule has 0 aromatic heterocycles. The number of hydrogen-bond acceptors (Lipinski definition) is 6. The average molecular weight is 778 g/mol. The summed E-state index contributed by atoms with van der Waals surface area (Å²) in [5, 5.41) is 0. The maximum absolute atomic E-state index is 13.3. The van der Waals surface area contributed by atoms with E-state index in [4.69, 9.17) is 14.2 Å². The predicted octanol–water partition coefficient (Wildman–Crippen LogP) is 14.2. The molecule has 1 saturated heterocycles. The number of hydrogen-bond donors (Lipinski definition) is 0. The molecule has 0 saturated carbocycles. The number of carbonyl (C=O) groups excluding carboxylic acids is 2. The third-order valence-electron chi connectivity index (χ3n) is 12.5. The molecule has 55 heavy (non-hydrogen) atoms. The summed E-state index contributed by atoms with van der Waals surface area (Å²) in [4.78, 5) is 29.3. The van der Waals surface area contributed by atoms with Crippen LogP contribution >= 0.6 is 0 Å². The Morgan fingerprint density at radius 3 is 1.44 bits per heavy atom. The molecular formula is C49H95NO5. The second kappa shape index (κ2) is 38.4. The summed E-state index contributed by atoms with van der Waals surface area (Å²) in [6, 6.07) is 0.556. The van der Waals surface area contributed by atoms with Gasteiger partial charge < -0.3 is 19.1 Å². The highest BCUT2D eigenvalue weighted by Gasteiger charge is 2.30. The van der Waals surface area contributed by atoms with Crippen molar-refractivity contribution in [3.05, 3.63) is 0 Å². The second-order valence-electron chi connectivity index (χ2n) is 17.4. The molecule has 1 fully saturated rings. The highest BCUT2D eigenvalue weighted by molar-refractivity contribution is 5.72.